The van der Waals surface area contributed by atoms with Gasteiger partial charge in [-0.1, -0.05) is 6.58 Å². The lowest BCUT2D eigenvalue weighted by atomic mass is 9.89. The first-order valence-corrected chi connectivity index (χ1v) is 4.39. The molecule has 1 amide bonds. The molecule has 0 aliphatic carbocycles. The SMILES string of the molecule is C=CC(=O)Nc1csc(B(O)O)c1. The zero-order valence-electron chi connectivity index (χ0n) is 6.73. The first kappa shape index (κ1) is 9.98. The van der Waals surface area contributed by atoms with Gasteiger partial charge >= 0.3 is 7.12 Å². The van der Waals surface area contributed by atoms with Gasteiger partial charge in [0.2, 0.25) is 5.91 Å². The van der Waals surface area contributed by atoms with Gasteiger partial charge in [0.1, 0.15) is 0 Å². The Hall–Kier alpha value is -1.11. The van der Waals surface area contributed by atoms with Crippen LogP contribution in [0.3, 0.4) is 0 Å². The summed E-state index contributed by atoms with van der Waals surface area (Å²) in [6.07, 6.45) is 1.15. The molecule has 1 aromatic heterocycles. The van der Waals surface area contributed by atoms with Crippen molar-refractivity contribution in [2.24, 2.45) is 0 Å². The summed E-state index contributed by atoms with van der Waals surface area (Å²) >= 11 is 1.16. The van der Waals surface area contributed by atoms with E-state index in [1.54, 1.807) is 5.38 Å². The summed E-state index contributed by atoms with van der Waals surface area (Å²) in [6, 6.07) is 1.50. The lowest BCUT2D eigenvalue weighted by molar-refractivity contribution is -0.111. The number of carbonyl (C=O) groups is 1. The molecule has 0 atom stereocenters. The van der Waals surface area contributed by atoms with Gasteiger partial charge in [-0.2, -0.15) is 11.3 Å². The number of nitrogens with one attached hydrogen (secondary N) is 1. The predicted molar refractivity (Wildman–Crippen MR) is 53.0 cm³/mol. The number of hydrogen-bond donors (Lipinski definition) is 3. The second-order valence-corrected chi connectivity index (χ2v) is 3.25. The van der Waals surface area contributed by atoms with Crippen molar-refractivity contribution >= 4 is 34.8 Å². The molecular weight excluding hydrogens is 189 g/mol. The maximum absolute atomic E-state index is 10.8. The molecule has 0 unspecified atom stereocenters. The minimum absolute atomic E-state index is 0.322. The van der Waals surface area contributed by atoms with Crippen molar-refractivity contribution in [1.82, 2.24) is 0 Å². The first-order valence-electron chi connectivity index (χ1n) is 3.51. The topological polar surface area (TPSA) is 69.6 Å². The molecule has 1 aromatic rings. The average Bonchev–Trinajstić information content (AvgIpc) is 2.52. The maximum atomic E-state index is 10.8. The van der Waals surface area contributed by atoms with Gasteiger partial charge < -0.3 is 15.4 Å². The molecule has 1 heterocycles. The molecule has 3 N–H and O–H groups in total. The minimum atomic E-state index is -1.49. The normalized spacial score (nSPS) is 9.38. The molecule has 68 valence electrons. The molecular formula is C7H8BNO3S. The second kappa shape index (κ2) is 4.22. The van der Waals surface area contributed by atoms with Gasteiger partial charge in [-0.3, -0.25) is 4.79 Å². The third kappa shape index (κ3) is 2.69. The van der Waals surface area contributed by atoms with Crippen LogP contribution in [0, 0.1) is 0 Å². The number of carbonyl (C=O) groups excluding carboxylic acids is 1. The number of anilines is 1. The van der Waals surface area contributed by atoms with Crippen LogP contribution in [-0.2, 0) is 4.79 Å². The van der Waals surface area contributed by atoms with Crippen molar-refractivity contribution in [3.8, 4) is 0 Å². The molecule has 1 rings (SSSR count). The summed E-state index contributed by atoms with van der Waals surface area (Å²) in [5, 5.41) is 21.6. The van der Waals surface area contributed by atoms with Crippen LogP contribution in [0.2, 0.25) is 0 Å². The van der Waals surface area contributed by atoms with E-state index >= 15 is 0 Å². The highest BCUT2D eigenvalue weighted by molar-refractivity contribution is 7.20. The Morgan fingerprint density at radius 1 is 1.69 bits per heavy atom. The summed E-state index contributed by atoms with van der Waals surface area (Å²) in [7, 11) is -1.49. The third-order valence-corrected chi connectivity index (χ3v) is 2.30. The molecule has 4 nitrogen and oxygen atoms in total. The average molecular weight is 197 g/mol. The van der Waals surface area contributed by atoms with Crippen molar-refractivity contribution in [2.45, 2.75) is 0 Å². The number of thiophene rings is 1. The molecule has 0 radical (unpaired) electrons. The van der Waals surface area contributed by atoms with E-state index in [4.69, 9.17) is 10.0 Å². The maximum Gasteiger partial charge on any atom is 0.499 e. The highest BCUT2D eigenvalue weighted by atomic mass is 32.1. The summed E-state index contributed by atoms with van der Waals surface area (Å²) in [5.74, 6) is -0.322. The Morgan fingerprint density at radius 2 is 2.38 bits per heavy atom. The van der Waals surface area contributed by atoms with Crippen molar-refractivity contribution < 1.29 is 14.8 Å². The standard InChI is InChI=1S/C7H8BNO3S/c1-2-7(10)9-5-3-6(8(11)12)13-4-5/h2-4,11-12H,1H2,(H,9,10). The lowest BCUT2D eigenvalue weighted by Gasteiger charge is -1.95. The Balaban J connectivity index is 2.69. The third-order valence-electron chi connectivity index (χ3n) is 1.33. The Bertz CT molecular complexity index is 323. The van der Waals surface area contributed by atoms with Gasteiger partial charge in [-0.05, 0) is 12.1 Å². The molecule has 0 fully saturated rings. The highest BCUT2D eigenvalue weighted by Gasteiger charge is 2.13. The Kier molecular flexibility index (Phi) is 3.24. The Morgan fingerprint density at radius 3 is 2.85 bits per heavy atom. The summed E-state index contributed by atoms with van der Waals surface area (Å²) in [4.78, 5) is 10.8. The van der Waals surface area contributed by atoms with Crippen molar-refractivity contribution in [3.63, 3.8) is 0 Å². The monoisotopic (exact) mass is 197 g/mol. The van der Waals surface area contributed by atoms with Crippen LogP contribution < -0.4 is 10.1 Å². The minimum Gasteiger partial charge on any atom is -0.423 e. The summed E-state index contributed by atoms with van der Waals surface area (Å²) < 4.78 is 0.388. The number of rotatable bonds is 3. The molecule has 13 heavy (non-hydrogen) atoms. The smallest absolute Gasteiger partial charge is 0.423 e. The summed E-state index contributed by atoms with van der Waals surface area (Å²) in [6.45, 7) is 3.29. The van der Waals surface area contributed by atoms with Crippen LogP contribution in [0.25, 0.3) is 0 Å². The number of hydrogen-bond acceptors (Lipinski definition) is 4. The largest absolute Gasteiger partial charge is 0.499 e. The van der Waals surface area contributed by atoms with Crippen molar-refractivity contribution in [2.75, 3.05) is 5.32 Å². The molecule has 0 aliphatic heterocycles. The molecule has 0 spiro atoms. The molecule has 0 bridgehead atoms. The molecule has 6 heteroatoms. The van der Waals surface area contributed by atoms with E-state index in [1.807, 2.05) is 0 Å². The second-order valence-electron chi connectivity index (χ2n) is 2.30. The van der Waals surface area contributed by atoms with Crippen LogP contribution in [0.4, 0.5) is 5.69 Å². The van der Waals surface area contributed by atoms with E-state index in [2.05, 4.69) is 11.9 Å². The zero-order valence-corrected chi connectivity index (χ0v) is 7.54. The van der Waals surface area contributed by atoms with Crippen LogP contribution in [0.5, 0.6) is 0 Å². The molecule has 0 aromatic carbocycles. The van der Waals surface area contributed by atoms with Gasteiger partial charge in [0.05, 0.1) is 5.69 Å². The fourth-order valence-corrected chi connectivity index (χ4v) is 1.45. The van der Waals surface area contributed by atoms with E-state index < -0.39 is 7.12 Å². The van der Waals surface area contributed by atoms with Gasteiger partial charge in [0.15, 0.2) is 0 Å². The van der Waals surface area contributed by atoms with Crippen LogP contribution in [0.1, 0.15) is 0 Å². The molecule has 0 saturated heterocycles. The predicted octanol–water partition coefficient (Wildman–Crippen LogP) is -0.448. The van der Waals surface area contributed by atoms with E-state index in [1.165, 1.54) is 6.07 Å². The summed E-state index contributed by atoms with van der Waals surface area (Å²) in [5.41, 5.74) is 0.540. The van der Waals surface area contributed by atoms with Crippen LogP contribution >= 0.6 is 11.3 Å². The van der Waals surface area contributed by atoms with Crippen LogP contribution in [0.15, 0.2) is 24.1 Å². The lowest BCUT2D eigenvalue weighted by Crippen LogP contribution is -2.26. The van der Waals surface area contributed by atoms with Crippen molar-refractivity contribution in [1.29, 1.82) is 0 Å². The fraction of sp³-hybridized carbons (Fsp3) is 0. The van der Waals surface area contributed by atoms with E-state index in [-0.39, 0.29) is 5.91 Å². The Labute approximate surface area is 79.7 Å². The van der Waals surface area contributed by atoms with Gasteiger partial charge in [0.25, 0.3) is 0 Å². The highest BCUT2D eigenvalue weighted by Crippen LogP contribution is 2.10. The van der Waals surface area contributed by atoms with Gasteiger partial charge in [-0.15, -0.1) is 0 Å². The molecule has 0 aliphatic rings. The van der Waals surface area contributed by atoms with Gasteiger partial charge in [0, 0.05) is 10.2 Å². The van der Waals surface area contributed by atoms with E-state index in [0.717, 1.165) is 17.4 Å². The fourth-order valence-electron chi connectivity index (χ4n) is 0.747. The molecule has 0 saturated carbocycles. The van der Waals surface area contributed by atoms with Gasteiger partial charge in [-0.25, -0.2) is 0 Å². The van der Waals surface area contributed by atoms with E-state index in [0.29, 0.717) is 10.5 Å². The number of amides is 1. The van der Waals surface area contributed by atoms with Crippen molar-refractivity contribution in [3.05, 3.63) is 24.1 Å². The quantitative estimate of drug-likeness (QED) is 0.454. The zero-order chi connectivity index (χ0) is 9.84. The first-order chi connectivity index (χ1) is 6.13. The van der Waals surface area contributed by atoms with Crippen LogP contribution in [-0.4, -0.2) is 23.1 Å². The van der Waals surface area contributed by atoms with E-state index in [9.17, 15) is 4.79 Å².